The number of hydrogen-bond donors (Lipinski definition) is 1. The van der Waals surface area contributed by atoms with E-state index in [0.29, 0.717) is 17.3 Å². The maximum Gasteiger partial charge on any atom is 0.302 e. The first-order valence-corrected chi connectivity index (χ1v) is 11.6. The first-order valence-electron chi connectivity index (χ1n) is 11.6. The molecular formula is C24H40O3. The van der Waals surface area contributed by atoms with Gasteiger partial charge in [0.05, 0.1) is 5.60 Å². The molecule has 0 heterocycles. The Kier molecular flexibility index (Phi) is 4.93. The third kappa shape index (κ3) is 2.90. The molecule has 8 atom stereocenters. The van der Waals surface area contributed by atoms with E-state index < -0.39 is 5.60 Å². The molecule has 4 aliphatic carbocycles. The minimum Gasteiger partial charge on any atom is -0.463 e. The summed E-state index contributed by atoms with van der Waals surface area (Å²) < 4.78 is 5.59. The average molecular weight is 377 g/mol. The SMILES string of the molecule is CCC[C@]1(O)CC[C@H]2[C@@H]3CC[C@H]4C[C@H](OC(C)=O)CC[C@]4(C)[C@H]3CC[C@@]21C. The van der Waals surface area contributed by atoms with Crippen molar-refractivity contribution in [3.63, 3.8) is 0 Å². The number of esters is 1. The maximum atomic E-state index is 11.5. The normalized spacial score (nSPS) is 51.8. The van der Waals surface area contributed by atoms with Crippen LogP contribution in [0.1, 0.15) is 98.3 Å². The molecule has 154 valence electrons. The van der Waals surface area contributed by atoms with Gasteiger partial charge in [-0.25, -0.2) is 0 Å². The number of carbonyl (C=O) groups is 1. The predicted octanol–water partition coefficient (Wildman–Crippen LogP) is 5.49. The zero-order valence-electron chi connectivity index (χ0n) is 17.9. The molecule has 0 aromatic carbocycles. The van der Waals surface area contributed by atoms with Crippen molar-refractivity contribution in [2.45, 2.75) is 110 Å². The zero-order chi connectivity index (χ0) is 19.4. The number of ether oxygens (including phenoxy) is 1. The highest BCUT2D eigenvalue weighted by atomic mass is 16.5. The Morgan fingerprint density at radius 3 is 2.48 bits per heavy atom. The number of rotatable bonds is 3. The van der Waals surface area contributed by atoms with Crippen molar-refractivity contribution < 1.29 is 14.6 Å². The Bertz CT molecular complexity index is 588. The number of carbonyl (C=O) groups excluding carboxylic acids is 1. The number of aliphatic hydroxyl groups is 1. The van der Waals surface area contributed by atoms with E-state index in [2.05, 4.69) is 20.8 Å². The standard InChI is InChI=1S/C24H40O3/c1-5-11-24(26)14-10-21-19-7-6-17-15-18(27-16(2)25)8-12-22(17,3)20(19)9-13-23(21,24)4/h17-21,26H,5-15H2,1-4H3/t17-,18+,19+,20-,21-,22-,23-,24-/m0/s1. The van der Waals surface area contributed by atoms with Gasteiger partial charge in [0.25, 0.3) is 0 Å². The van der Waals surface area contributed by atoms with E-state index in [0.717, 1.165) is 43.9 Å². The molecule has 0 saturated heterocycles. The zero-order valence-corrected chi connectivity index (χ0v) is 17.9. The van der Waals surface area contributed by atoms with Gasteiger partial charge >= 0.3 is 5.97 Å². The summed E-state index contributed by atoms with van der Waals surface area (Å²) in [5, 5.41) is 11.5. The van der Waals surface area contributed by atoms with E-state index in [4.69, 9.17) is 4.74 Å². The second kappa shape index (κ2) is 6.75. The highest BCUT2D eigenvalue weighted by Crippen LogP contribution is 2.68. The average Bonchev–Trinajstić information content (AvgIpc) is 2.86. The van der Waals surface area contributed by atoms with Crippen LogP contribution in [0.5, 0.6) is 0 Å². The topological polar surface area (TPSA) is 46.5 Å². The molecular weight excluding hydrogens is 336 g/mol. The third-order valence-electron chi connectivity index (χ3n) is 9.94. The van der Waals surface area contributed by atoms with Crippen LogP contribution in [-0.2, 0) is 9.53 Å². The molecule has 4 rings (SSSR count). The summed E-state index contributed by atoms with van der Waals surface area (Å²) in [5.74, 6) is 2.89. The van der Waals surface area contributed by atoms with Crippen LogP contribution < -0.4 is 0 Å². The lowest BCUT2D eigenvalue weighted by molar-refractivity contribution is -0.170. The molecule has 0 spiro atoms. The summed E-state index contributed by atoms with van der Waals surface area (Å²) in [7, 11) is 0. The highest BCUT2D eigenvalue weighted by molar-refractivity contribution is 5.66. The van der Waals surface area contributed by atoms with Gasteiger partial charge in [0.1, 0.15) is 6.10 Å². The quantitative estimate of drug-likeness (QED) is 0.662. The minimum atomic E-state index is -0.428. The smallest absolute Gasteiger partial charge is 0.302 e. The van der Waals surface area contributed by atoms with Crippen LogP contribution in [0.4, 0.5) is 0 Å². The molecule has 1 N–H and O–H groups in total. The summed E-state index contributed by atoms with van der Waals surface area (Å²) in [5.41, 5.74) is 0.108. The molecule has 0 radical (unpaired) electrons. The molecule has 0 aromatic heterocycles. The molecule has 4 saturated carbocycles. The van der Waals surface area contributed by atoms with E-state index in [1.54, 1.807) is 6.92 Å². The summed E-state index contributed by atoms with van der Waals surface area (Å²) in [6.07, 6.45) is 12.9. The second-order valence-electron chi connectivity index (χ2n) is 10.9. The van der Waals surface area contributed by atoms with Gasteiger partial charge in [-0.1, -0.05) is 27.2 Å². The van der Waals surface area contributed by atoms with Crippen molar-refractivity contribution in [3.05, 3.63) is 0 Å². The van der Waals surface area contributed by atoms with Gasteiger partial charge in [0.15, 0.2) is 0 Å². The molecule has 4 aliphatic rings. The van der Waals surface area contributed by atoms with Gasteiger partial charge in [-0.15, -0.1) is 0 Å². The molecule has 27 heavy (non-hydrogen) atoms. The van der Waals surface area contributed by atoms with Crippen LogP contribution in [0.25, 0.3) is 0 Å². The minimum absolute atomic E-state index is 0.119. The fourth-order valence-electron chi connectivity index (χ4n) is 8.49. The Balaban J connectivity index is 1.54. The van der Waals surface area contributed by atoms with Crippen LogP contribution in [0.2, 0.25) is 0 Å². The van der Waals surface area contributed by atoms with Crippen molar-refractivity contribution in [2.24, 2.45) is 34.5 Å². The van der Waals surface area contributed by atoms with Crippen molar-refractivity contribution in [1.82, 2.24) is 0 Å². The van der Waals surface area contributed by atoms with Crippen molar-refractivity contribution in [3.8, 4) is 0 Å². The molecule has 0 aliphatic heterocycles. The van der Waals surface area contributed by atoms with Gasteiger partial charge in [-0.3, -0.25) is 4.79 Å². The molecule has 0 bridgehead atoms. The van der Waals surface area contributed by atoms with Gasteiger partial charge in [0.2, 0.25) is 0 Å². The van der Waals surface area contributed by atoms with Crippen molar-refractivity contribution >= 4 is 5.97 Å². The van der Waals surface area contributed by atoms with Crippen LogP contribution in [0.15, 0.2) is 0 Å². The second-order valence-corrected chi connectivity index (χ2v) is 10.9. The van der Waals surface area contributed by atoms with Crippen molar-refractivity contribution in [1.29, 1.82) is 0 Å². The first-order chi connectivity index (χ1) is 12.7. The molecule has 3 heteroatoms. The Morgan fingerprint density at radius 1 is 1.04 bits per heavy atom. The maximum absolute atomic E-state index is 11.5. The third-order valence-corrected chi connectivity index (χ3v) is 9.94. The Morgan fingerprint density at radius 2 is 1.78 bits per heavy atom. The summed E-state index contributed by atoms with van der Waals surface area (Å²) in [6, 6.07) is 0. The summed E-state index contributed by atoms with van der Waals surface area (Å²) in [6.45, 7) is 8.73. The van der Waals surface area contributed by atoms with Crippen LogP contribution in [-0.4, -0.2) is 22.8 Å². The molecule has 0 amide bonds. The molecule has 3 nitrogen and oxygen atoms in total. The summed E-state index contributed by atoms with van der Waals surface area (Å²) in [4.78, 5) is 11.4. The van der Waals surface area contributed by atoms with Gasteiger partial charge in [0, 0.05) is 6.92 Å². The monoisotopic (exact) mass is 376 g/mol. The Labute approximate surface area is 165 Å². The first kappa shape index (κ1) is 19.7. The van der Waals surface area contributed by atoms with E-state index in [9.17, 15) is 9.90 Å². The number of hydrogen-bond acceptors (Lipinski definition) is 3. The Hall–Kier alpha value is -0.570. The number of fused-ring (bicyclic) bond motifs is 5. The fraction of sp³-hybridized carbons (Fsp3) is 0.958. The van der Waals surface area contributed by atoms with Gasteiger partial charge in [-0.2, -0.15) is 0 Å². The fourth-order valence-corrected chi connectivity index (χ4v) is 8.49. The van der Waals surface area contributed by atoms with E-state index in [1.807, 2.05) is 0 Å². The lowest BCUT2D eigenvalue weighted by Gasteiger charge is -2.61. The highest BCUT2D eigenvalue weighted by Gasteiger charge is 2.64. The van der Waals surface area contributed by atoms with Gasteiger partial charge in [-0.05, 0) is 98.7 Å². The largest absolute Gasteiger partial charge is 0.463 e. The van der Waals surface area contributed by atoms with E-state index >= 15 is 0 Å². The van der Waals surface area contributed by atoms with Crippen LogP contribution in [0, 0.1) is 34.5 Å². The van der Waals surface area contributed by atoms with Crippen LogP contribution >= 0.6 is 0 Å². The molecule has 0 unspecified atom stereocenters. The molecule has 0 aromatic rings. The lowest BCUT2D eigenvalue weighted by atomic mass is 9.44. The predicted molar refractivity (Wildman–Crippen MR) is 107 cm³/mol. The van der Waals surface area contributed by atoms with Crippen molar-refractivity contribution in [2.75, 3.05) is 0 Å². The summed E-state index contributed by atoms with van der Waals surface area (Å²) >= 11 is 0. The van der Waals surface area contributed by atoms with Crippen LogP contribution in [0.3, 0.4) is 0 Å². The molecule has 4 fully saturated rings. The lowest BCUT2D eigenvalue weighted by Crippen LogP contribution is -2.56. The van der Waals surface area contributed by atoms with E-state index in [1.165, 1.54) is 38.5 Å². The van der Waals surface area contributed by atoms with E-state index in [-0.39, 0.29) is 17.5 Å². The van der Waals surface area contributed by atoms with Gasteiger partial charge < -0.3 is 9.84 Å².